The van der Waals surface area contributed by atoms with Crippen LogP contribution in [0.5, 0.6) is 0 Å². The smallest absolute Gasteiger partial charge is 0.284 e. The highest BCUT2D eigenvalue weighted by molar-refractivity contribution is 7.68. The Labute approximate surface area is 55.1 Å². The lowest BCUT2D eigenvalue weighted by molar-refractivity contribution is 0.593. The van der Waals surface area contributed by atoms with Crippen LogP contribution in [0.15, 0.2) is 4.95 Å². The van der Waals surface area contributed by atoms with Crippen LogP contribution in [0.1, 0.15) is 6.92 Å². The van der Waals surface area contributed by atoms with Gasteiger partial charge in [-0.1, -0.05) is 0 Å². The second-order valence-electron chi connectivity index (χ2n) is 1.79. The molecule has 0 aliphatic heterocycles. The molecule has 0 radical (unpaired) electrons. The van der Waals surface area contributed by atoms with E-state index in [1.807, 2.05) is 0 Å². The molecule has 0 aromatic heterocycles. The number of nitrogens with one attached hydrogen (secondary N) is 1. The predicted octanol–water partition coefficient (Wildman–Crippen LogP) is 0.789. The van der Waals surface area contributed by atoms with Crippen molar-refractivity contribution in [3.8, 4) is 0 Å². The summed E-state index contributed by atoms with van der Waals surface area (Å²) in [5, 5.41) is 2.72. The van der Waals surface area contributed by atoms with Crippen molar-refractivity contribution in [1.82, 2.24) is 5.32 Å². The van der Waals surface area contributed by atoms with Crippen molar-refractivity contribution in [3.05, 3.63) is 4.91 Å². The van der Waals surface area contributed by atoms with Crippen molar-refractivity contribution in [2.24, 2.45) is 4.95 Å². The highest BCUT2D eigenvalue weighted by Gasteiger charge is 2.34. The van der Waals surface area contributed by atoms with Crippen LogP contribution in [0.3, 0.4) is 0 Å². The lowest BCUT2D eigenvalue weighted by atomic mass is 11.0. The minimum absolute atomic E-state index is 0.326. The fourth-order valence-corrected chi connectivity index (χ4v) is 1.35. The van der Waals surface area contributed by atoms with E-state index in [1.54, 1.807) is 14.0 Å². The Morgan fingerprint density at radius 1 is 1.78 bits per heavy atom. The van der Waals surface area contributed by atoms with Crippen molar-refractivity contribution in [3.63, 3.8) is 0 Å². The van der Waals surface area contributed by atoms with E-state index < -0.39 is 7.64 Å². The first-order valence-electron chi connectivity index (χ1n) is 2.78. The lowest BCUT2D eigenvalue weighted by Crippen LogP contribution is -2.12. The first-order chi connectivity index (χ1) is 4.18. The monoisotopic (exact) mass is 151 g/mol. The van der Waals surface area contributed by atoms with Crippen LogP contribution in [0.25, 0.3) is 0 Å². The van der Waals surface area contributed by atoms with Gasteiger partial charge in [-0.05, 0) is 14.0 Å². The van der Waals surface area contributed by atoms with E-state index >= 15 is 0 Å². The number of nitroso groups, excluding NO2 is 1. The summed E-state index contributed by atoms with van der Waals surface area (Å²) in [6.07, 6.45) is 0.782. The molecule has 0 aliphatic rings. The minimum atomic E-state index is -2.47. The van der Waals surface area contributed by atoms with Crippen LogP contribution in [0, 0.1) is 4.91 Å². The molecule has 0 heterocycles. The fraction of sp³-hybridized carbons (Fsp3) is 1.00. The van der Waals surface area contributed by atoms with E-state index in [1.165, 1.54) is 0 Å². The number of hydrogen-bond acceptors (Lipinski definition) is 4. The molecule has 0 aromatic carbocycles. The van der Waals surface area contributed by atoms with Crippen molar-refractivity contribution < 1.29 is 4.89 Å². The molecular weight excluding hydrogens is 139 g/mol. The van der Waals surface area contributed by atoms with Gasteiger partial charge in [0.2, 0.25) is 0 Å². The van der Waals surface area contributed by atoms with Crippen LogP contribution >= 0.6 is 7.64 Å². The summed E-state index contributed by atoms with van der Waals surface area (Å²) >= 11 is 0. The van der Waals surface area contributed by atoms with Gasteiger partial charge in [0.05, 0.1) is 0 Å². The third kappa shape index (κ3) is 2.84. The highest BCUT2D eigenvalue weighted by atomic mass is 31.2. The van der Waals surface area contributed by atoms with Crippen LogP contribution in [0.4, 0.5) is 0 Å². The van der Waals surface area contributed by atoms with E-state index in [0.717, 1.165) is 0 Å². The zero-order valence-corrected chi connectivity index (χ0v) is 6.56. The fourth-order valence-electron chi connectivity index (χ4n) is 0.452. The van der Waals surface area contributed by atoms with Gasteiger partial charge in [0.25, 0.3) is 0 Å². The third-order valence-electron chi connectivity index (χ3n) is 1.07. The van der Waals surface area contributed by atoms with Crippen LogP contribution in [-0.4, -0.2) is 24.4 Å². The molecule has 0 aliphatic carbocycles. The Bertz CT molecular complexity index is 101. The number of nitrogens with zero attached hydrogens (tertiary/aromatic N) is 1. The van der Waals surface area contributed by atoms with Crippen molar-refractivity contribution >= 4 is 7.64 Å². The molecular formula is C4H12N2O2P+. The Kier molecular flexibility index (Phi) is 3.86. The summed E-state index contributed by atoms with van der Waals surface area (Å²) < 4.78 is 0. The van der Waals surface area contributed by atoms with Gasteiger partial charge in [0, 0.05) is 0 Å². The largest absolute Gasteiger partial charge is 0.319 e. The van der Waals surface area contributed by atoms with Crippen molar-refractivity contribution in [2.75, 3.05) is 19.5 Å². The summed E-state index contributed by atoms with van der Waals surface area (Å²) in [7, 11) is -0.786. The molecule has 0 spiro atoms. The van der Waals surface area contributed by atoms with E-state index in [2.05, 4.69) is 10.3 Å². The van der Waals surface area contributed by atoms with Crippen molar-refractivity contribution in [1.29, 1.82) is 0 Å². The van der Waals surface area contributed by atoms with E-state index in [0.29, 0.717) is 12.4 Å². The quantitative estimate of drug-likeness (QED) is 0.461. The van der Waals surface area contributed by atoms with E-state index in [-0.39, 0.29) is 0 Å². The summed E-state index contributed by atoms with van der Waals surface area (Å²) in [6.45, 7) is 1.76. The Morgan fingerprint density at radius 2 is 2.33 bits per heavy atom. The molecule has 4 nitrogen and oxygen atoms in total. The maximum absolute atomic E-state index is 9.96. The molecule has 54 valence electrons. The lowest BCUT2D eigenvalue weighted by Gasteiger charge is -2.05. The van der Waals surface area contributed by atoms with Crippen LogP contribution in [0.2, 0.25) is 0 Å². The number of rotatable bonds is 4. The average molecular weight is 151 g/mol. The van der Waals surface area contributed by atoms with Crippen LogP contribution in [-0.2, 0) is 0 Å². The summed E-state index contributed by atoms with van der Waals surface area (Å²) in [5.74, 6) is 0. The van der Waals surface area contributed by atoms with Crippen LogP contribution < -0.4 is 5.32 Å². The molecule has 0 rings (SSSR count). The molecule has 2 N–H and O–H groups in total. The molecule has 0 bridgehead atoms. The second-order valence-corrected chi connectivity index (χ2v) is 4.66. The van der Waals surface area contributed by atoms with E-state index in [4.69, 9.17) is 0 Å². The maximum Gasteiger partial charge on any atom is 0.319 e. The first-order valence-corrected chi connectivity index (χ1v) is 4.84. The molecule has 0 amide bonds. The van der Waals surface area contributed by atoms with Gasteiger partial charge in [0.15, 0.2) is 6.29 Å². The normalized spacial score (nSPS) is 16.8. The molecule has 5 heteroatoms. The van der Waals surface area contributed by atoms with Crippen molar-refractivity contribution in [2.45, 2.75) is 6.92 Å². The molecule has 0 fully saturated rings. The summed E-state index contributed by atoms with van der Waals surface area (Å²) in [5.41, 5.74) is 0. The van der Waals surface area contributed by atoms with Gasteiger partial charge in [-0.15, -0.1) is 4.91 Å². The third-order valence-corrected chi connectivity index (χ3v) is 3.21. The predicted molar refractivity (Wildman–Crippen MR) is 39.4 cm³/mol. The van der Waals surface area contributed by atoms with E-state index in [9.17, 15) is 9.80 Å². The Hall–Kier alpha value is -0.0500. The minimum Gasteiger partial charge on any atom is -0.284 e. The van der Waals surface area contributed by atoms with Gasteiger partial charge in [-0.25, -0.2) is 4.89 Å². The maximum atomic E-state index is 9.96. The standard InChI is InChI=1S/C4H12N2O2P/c1-3-9(8,6-7)4-5-2/h5,8H,3-4H2,1-2H3/q+1. The molecule has 0 saturated carbocycles. The summed E-state index contributed by atoms with van der Waals surface area (Å²) in [6, 6.07) is 0. The number of hydrogen-bond donors (Lipinski definition) is 2. The molecule has 0 aromatic rings. The Balaban J connectivity index is 3.76. The van der Waals surface area contributed by atoms with Gasteiger partial charge in [-0.2, -0.15) is 0 Å². The Morgan fingerprint density at radius 3 is 2.44 bits per heavy atom. The average Bonchev–Trinajstić information content (AvgIpc) is 1.89. The zero-order chi connectivity index (χ0) is 7.33. The summed E-state index contributed by atoms with van der Waals surface area (Å²) in [4.78, 5) is 21.8. The van der Waals surface area contributed by atoms with Gasteiger partial charge in [0.1, 0.15) is 11.1 Å². The first kappa shape index (κ1) is 8.95. The molecule has 0 saturated heterocycles. The van der Waals surface area contributed by atoms with Gasteiger partial charge >= 0.3 is 7.64 Å². The zero-order valence-electron chi connectivity index (χ0n) is 5.66. The molecule has 1 unspecified atom stereocenters. The molecule has 1 atom stereocenters. The second kappa shape index (κ2) is 3.88. The molecule has 9 heavy (non-hydrogen) atoms. The van der Waals surface area contributed by atoms with Gasteiger partial charge < -0.3 is 0 Å². The SMILES string of the molecule is CC[P+](O)(CNC)N=O. The van der Waals surface area contributed by atoms with Gasteiger partial charge in [-0.3, -0.25) is 5.32 Å². The highest BCUT2D eigenvalue weighted by Crippen LogP contribution is 2.53. The topological polar surface area (TPSA) is 61.7 Å².